The molecule has 2 aromatic carbocycles. The van der Waals surface area contributed by atoms with Gasteiger partial charge in [0.05, 0.1) is 7.11 Å². The van der Waals surface area contributed by atoms with Crippen LogP contribution in [0.2, 0.25) is 0 Å². The number of methoxy groups -OCH3 is 1. The molecule has 24 heavy (non-hydrogen) atoms. The van der Waals surface area contributed by atoms with Crippen molar-refractivity contribution < 1.29 is 14.6 Å². The standard InChI is InChI=1S/C20H21NO3/c1-3-9-24-16-6-4-5-12-10-14-17-13(7-8-21-14)11-15(22)20(23-2)19(17)18(12)16/h3-6,11,14,21-22H,1,7-10H2,2H3. The molecule has 0 fully saturated rings. The maximum Gasteiger partial charge on any atom is 0.168 e. The summed E-state index contributed by atoms with van der Waals surface area (Å²) in [5.74, 6) is 1.53. The van der Waals surface area contributed by atoms with Crippen molar-refractivity contribution in [3.8, 4) is 28.4 Å². The van der Waals surface area contributed by atoms with E-state index in [1.54, 1.807) is 13.2 Å². The van der Waals surface area contributed by atoms with Crippen LogP contribution < -0.4 is 14.8 Å². The van der Waals surface area contributed by atoms with Crippen LogP contribution in [0.3, 0.4) is 0 Å². The lowest BCUT2D eigenvalue weighted by Crippen LogP contribution is -2.34. The van der Waals surface area contributed by atoms with E-state index in [2.05, 4.69) is 18.0 Å². The zero-order valence-corrected chi connectivity index (χ0v) is 13.8. The van der Waals surface area contributed by atoms with Crippen molar-refractivity contribution in [1.82, 2.24) is 5.32 Å². The molecule has 4 rings (SSSR count). The molecule has 0 bridgehead atoms. The molecule has 1 unspecified atom stereocenters. The summed E-state index contributed by atoms with van der Waals surface area (Å²) in [5.41, 5.74) is 5.63. The van der Waals surface area contributed by atoms with Gasteiger partial charge in [0.15, 0.2) is 11.5 Å². The number of ether oxygens (including phenoxy) is 2. The van der Waals surface area contributed by atoms with Crippen LogP contribution >= 0.6 is 0 Å². The second-order valence-electron chi connectivity index (χ2n) is 6.23. The van der Waals surface area contributed by atoms with Crippen molar-refractivity contribution in [1.29, 1.82) is 0 Å². The highest BCUT2D eigenvalue weighted by atomic mass is 16.5. The van der Waals surface area contributed by atoms with Crippen molar-refractivity contribution in [2.24, 2.45) is 0 Å². The Morgan fingerprint density at radius 3 is 3.00 bits per heavy atom. The molecule has 4 heteroatoms. The van der Waals surface area contributed by atoms with E-state index in [1.807, 2.05) is 18.2 Å². The Morgan fingerprint density at radius 1 is 1.33 bits per heavy atom. The van der Waals surface area contributed by atoms with E-state index in [-0.39, 0.29) is 11.8 Å². The summed E-state index contributed by atoms with van der Waals surface area (Å²) in [6, 6.07) is 8.21. The first-order chi connectivity index (χ1) is 11.7. The molecular formula is C20H21NO3. The molecule has 1 atom stereocenters. The van der Waals surface area contributed by atoms with Gasteiger partial charge in [0, 0.05) is 17.2 Å². The smallest absolute Gasteiger partial charge is 0.168 e. The SMILES string of the molecule is C=CCOc1cccc2c1-c1c(OC)c(O)cc3c1C(C2)NCC3. The van der Waals surface area contributed by atoms with Crippen molar-refractivity contribution in [2.75, 3.05) is 20.3 Å². The number of fused-ring (bicyclic) bond motifs is 2. The molecule has 0 spiro atoms. The molecule has 1 heterocycles. The van der Waals surface area contributed by atoms with Crippen LogP contribution in [0.1, 0.15) is 22.7 Å². The van der Waals surface area contributed by atoms with E-state index >= 15 is 0 Å². The molecule has 2 aliphatic rings. The van der Waals surface area contributed by atoms with Crippen LogP contribution in [0, 0.1) is 0 Å². The predicted octanol–water partition coefficient (Wildman–Crippen LogP) is 3.38. The van der Waals surface area contributed by atoms with Gasteiger partial charge in [0.25, 0.3) is 0 Å². The van der Waals surface area contributed by atoms with Crippen LogP contribution in [-0.4, -0.2) is 25.4 Å². The number of benzene rings is 2. The lowest BCUT2D eigenvalue weighted by molar-refractivity contribution is 0.359. The normalized spacial score (nSPS) is 17.6. The minimum absolute atomic E-state index is 0.193. The lowest BCUT2D eigenvalue weighted by Gasteiger charge is -2.36. The second-order valence-corrected chi connectivity index (χ2v) is 6.23. The molecule has 0 amide bonds. The number of nitrogens with one attached hydrogen (secondary N) is 1. The zero-order chi connectivity index (χ0) is 16.7. The maximum absolute atomic E-state index is 10.5. The molecule has 0 saturated heterocycles. The average Bonchev–Trinajstić information content (AvgIpc) is 2.59. The van der Waals surface area contributed by atoms with Crippen LogP contribution in [0.25, 0.3) is 11.1 Å². The van der Waals surface area contributed by atoms with Crippen molar-refractivity contribution >= 4 is 0 Å². The number of hydrogen-bond donors (Lipinski definition) is 2. The molecule has 1 aliphatic heterocycles. The first-order valence-electron chi connectivity index (χ1n) is 8.26. The largest absolute Gasteiger partial charge is 0.504 e. The summed E-state index contributed by atoms with van der Waals surface area (Å²) in [7, 11) is 1.60. The van der Waals surface area contributed by atoms with Crippen molar-refractivity contribution in [3.05, 3.63) is 53.6 Å². The third-order valence-corrected chi connectivity index (χ3v) is 4.87. The number of aromatic hydroxyl groups is 1. The molecule has 1 aliphatic carbocycles. The van der Waals surface area contributed by atoms with Gasteiger partial charge in [-0.15, -0.1) is 0 Å². The fourth-order valence-electron chi connectivity index (χ4n) is 3.96. The van der Waals surface area contributed by atoms with Crippen molar-refractivity contribution in [2.45, 2.75) is 18.9 Å². The maximum atomic E-state index is 10.5. The van der Waals surface area contributed by atoms with Crippen molar-refractivity contribution in [3.63, 3.8) is 0 Å². The first-order valence-corrected chi connectivity index (χ1v) is 8.26. The van der Waals surface area contributed by atoms with Gasteiger partial charge in [-0.2, -0.15) is 0 Å². The third-order valence-electron chi connectivity index (χ3n) is 4.87. The van der Waals surface area contributed by atoms with Gasteiger partial charge < -0.3 is 19.9 Å². The summed E-state index contributed by atoms with van der Waals surface area (Å²) in [6.07, 6.45) is 3.55. The van der Waals surface area contributed by atoms with Gasteiger partial charge in [0.1, 0.15) is 12.4 Å². The third kappa shape index (κ3) is 2.18. The zero-order valence-electron chi connectivity index (χ0n) is 13.8. The summed E-state index contributed by atoms with van der Waals surface area (Å²) in [4.78, 5) is 0. The van der Waals surface area contributed by atoms with Gasteiger partial charge in [-0.3, -0.25) is 0 Å². The predicted molar refractivity (Wildman–Crippen MR) is 93.9 cm³/mol. The van der Waals surface area contributed by atoms with Gasteiger partial charge in [-0.1, -0.05) is 24.8 Å². The van der Waals surface area contributed by atoms with E-state index in [1.165, 1.54) is 16.7 Å². The van der Waals surface area contributed by atoms with E-state index in [4.69, 9.17) is 9.47 Å². The molecule has 0 aromatic heterocycles. The number of rotatable bonds is 4. The average molecular weight is 323 g/mol. The second kappa shape index (κ2) is 5.87. The number of hydrogen-bond acceptors (Lipinski definition) is 4. The lowest BCUT2D eigenvalue weighted by atomic mass is 9.77. The highest BCUT2D eigenvalue weighted by Gasteiger charge is 2.34. The Labute approximate surface area is 141 Å². The van der Waals surface area contributed by atoms with E-state index in [0.29, 0.717) is 12.4 Å². The summed E-state index contributed by atoms with van der Waals surface area (Å²) in [6.45, 7) is 5.10. The monoisotopic (exact) mass is 323 g/mol. The van der Waals surface area contributed by atoms with E-state index in [9.17, 15) is 5.11 Å². The van der Waals surface area contributed by atoms with Crippen LogP contribution in [0.15, 0.2) is 36.9 Å². The van der Waals surface area contributed by atoms with E-state index < -0.39 is 0 Å². The molecule has 2 N–H and O–H groups in total. The van der Waals surface area contributed by atoms with Gasteiger partial charge in [0.2, 0.25) is 0 Å². The Hall–Kier alpha value is -2.46. The molecule has 0 radical (unpaired) electrons. The van der Waals surface area contributed by atoms with Crippen LogP contribution in [0.5, 0.6) is 17.2 Å². The minimum atomic E-state index is 0.193. The topological polar surface area (TPSA) is 50.7 Å². The summed E-state index contributed by atoms with van der Waals surface area (Å²) in [5, 5.41) is 14.1. The van der Waals surface area contributed by atoms with Crippen LogP contribution in [0.4, 0.5) is 0 Å². The highest BCUT2D eigenvalue weighted by Crippen LogP contribution is 2.52. The molecular weight excluding hydrogens is 302 g/mol. The first kappa shape index (κ1) is 15.1. The number of phenols is 1. The molecule has 0 saturated carbocycles. The Morgan fingerprint density at radius 2 is 2.21 bits per heavy atom. The Balaban J connectivity index is 2.02. The van der Waals surface area contributed by atoms with Gasteiger partial charge in [-0.25, -0.2) is 0 Å². The summed E-state index contributed by atoms with van der Waals surface area (Å²) >= 11 is 0. The number of phenolic OH excluding ortho intramolecular Hbond substituents is 1. The van der Waals surface area contributed by atoms with Gasteiger partial charge in [-0.05, 0) is 48.2 Å². The molecule has 2 aromatic rings. The van der Waals surface area contributed by atoms with Gasteiger partial charge >= 0.3 is 0 Å². The minimum Gasteiger partial charge on any atom is -0.504 e. The fourth-order valence-corrected chi connectivity index (χ4v) is 3.96. The molecule has 4 nitrogen and oxygen atoms in total. The highest BCUT2D eigenvalue weighted by molar-refractivity contribution is 5.87. The van der Waals surface area contributed by atoms with Crippen LogP contribution in [-0.2, 0) is 12.8 Å². The quantitative estimate of drug-likeness (QED) is 0.847. The summed E-state index contributed by atoms with van der Waals surface area (Å²) < 4.78 is 11.5. The molecule has 124 valence electrons. The van der Waals surface area contributed by atoms with E-state index in [0.717, 1.165) is 36.3 Å². The Kier molecular flexibility index (Phi) is 3.69. The Bertz CT molecular complexity index is 813. The fraction of sp³-hybridized carbons (Fsp3) is 0.300.